The van der Waals surface area contributed by atoms with Crippen molar-refractivity contribution in [2.75, 3.05) is 31.1 Å². The Morgan fingerprint density at radius 2 is 2.06 bits per heavy atom. The van der Waals surface area contributed by atoms with Crippen LogP contribution in [-0.2, 0) is 0 Å². The average Bonchev–Trinajstić information content (AvgIpc) is 2.84. The Hall–Kier alpha value is 0.270. The molecule has 2 fully saturated rings. The lowest BCUT2D eigenvalue weighted by Crippen LogP contribution is -2.63. The minimum atomic E-state index is 0.526. The fourth-order valence-corrected chi connectivity index (χ4v) is 4.32. The van der Waals surface area contributed by atoms with Crippen molar-refractivity contribution in [1.29, 1.82) is 0 Å². The summed E-state index contributed by atoms with van der Waals surface area (Å²) in [5.74, 6) is 2.58. The largest absolute Gasteiger partial charge is 0.311 e. The van der Waals surface area contributed by atoms with Crippen LogP contribution < -0.4 is 5.32 Å². The average molecular weight is 270 g/mol. The van der Waals surface area contributed by atoms with Crippen molar-refractivity contribution in [3.05, 3.63) is 0 Å². The zero-order valence-electron chi connectivity index (χ0n) is 12.2. The van der Waals surface area contributed by atoms with E-state index in [9.17, 15) is 0 Å². The van der Waals surface area contributed by atoms with Gasteiger partial charge in [-0.3, -0.25) is 4.90 Å². The zero-order valence-corrected chi connectivity index (χ0v) is 13.0. The normalized spacial score (nSPS) is 28.0. The zero-order chi connectivity index (χ0) is 12.8. The predicted octanol–water partition coefficient (Wildman–Crippen LogP) is 3.13. The third-order valence-electron chi connectivity index (χ3n) is 4.71. The van der Waals surface area contributed by atoms with Crippen molar-refractivity contribution in [1.82, 2.24) is 10.2 Å². The third kappa shape index (κ3) is 3.43. The topological polar surface area (TPSA) is 15.3 Å². The number of nitrogens with zero attached hydrogens (tertiary/aromatic N) is 1. The maximum absolute atomic E-state index is 3.82. The van der Waals surface area contributed by atoms with Gasteiger partial charge in [0.2, 0.25) is 0 Å². The number of piperazine rings is 1. The number of nitrogens with one attached hydrogen (secondary N) is 1. The fraction of sp³-hybridized carbons (Fsp3) is 1.00. The van der Waals surface area contributed by atoms with Gasteiger partial charge in [0, 0.05) is 37.0 Å². The van der Waals surface area contributed by atoms with E-state index in [1.54, 1.807) is 0 Å². The lowest BCUT2D eigenvalue weighted by Gasteiger charge is -2.48. The molecule has 1 N–H and O–H groups in total. The maximum Gasteiger partial charge on any atom is 0.0335 e. The van der Waals surface area contributed by atoms with E-state index in [1.165, 1.54) is 69.7 Å². The molecule has 106 valence electrons. The molecule has 1 aliphatic carbocycles. The molecule has 0 amide bonds. The first-order chi connectivity index (χ1) is 8.80. The summed E-state index contributed by atoms with van der Waals surface area (Å²) in [4.78, 5) is 2.85. The van der Waals surface area contributed by atoms with Crippen LogP contribution in [0.2, 0.25) is 0 Å². The van der Waals surface area contributed by atoms with Gasteiger partial charge in [0.1, 0.15) is 0 Å². The summed E-state index contributed by atoms with van der Waals surface area (Å²) in [6, 6.07) is 0.743. The molecule has 1 saturated heterocycles. The van der Waals surface area contributed by atoms with E-state index in [0.717, 1.165) is 6.04 Å². The van der Waals surface area contributed by atoms with Crippen LogP contribution in [0.15, 0.2) is 0 Å². The van der Waals surface area contributed by atoms with E-state index in [1.807, 2.05) is 0 Å². The summed E-state index contributed by atoms with van der Waals surface area (Å²) in [5.41, 5.74) is 0.526. The Labute approximate surface area is 117 Å². The molecule has 2 rings (SSSR count). The van der Waals surface area contributed by atoms with Crippen LogP contribution in [0.1, 0.15) is 52.4 Å². The second-order valence-corrected chi connectivity index (χ2v) is 7.33. The maximum atomic E-state index is 3.82. The number of thioether (sulfide) groups is 1. The van der Waals surface area contributed by atoms with Crippen molar-refractivity contribution in [3.63, 3.8) is 0 Å². The molecule has 0 aromatic heterocycles. The van der Waals surface area contributed by atoms with Gasteiger partial charge in [-0.1, -0.05) is 33.1 Å². The standard InChI is InChI=1S/C15H30N2S/c1-3-7-14-12-17(10-11-18-4-2)15(13-16-14)8-5-6-9-15/h14,16H,3-13H2,1-2H3. The SMILES string of the molecule is CCCC1CN(CCSCC)C2(CCCC2)CN1. The fourth-order valence-electron chi connectivity index (χ4n) is 3.69. The van der Waals surface area contributed by atoms with Crippen LogP contribution >= 0.6 is 11.8 Å². The molecule has 3 heteroatoms. The molecule has 1 unspecified atom stereocenters. The minimum absolute atomic E-state index is 0.526. The predicted molar refractivity (Wildman–Crippen MR) is 82.5 cm³/mol. The smallest absolute Gasteiger partial charge is 0.0335 e. The molecule has 18 heavy (non-hydrogen) atoms. The van der Waals surface area contributed by atoms with Crippen molar-refractivity contribution in [3.8, 4) is 0 Å². The molecule has 0 aromatic rings. The lowest BCUT2D eigenvalue weighted by molar-refractivity contribution is 0.0472. The summed E-state index contributed by atoms with van der Waals surface area (Å²) >= 11 is 2.10. The van der Waals surface area contributed by atoms with Crippen LogP contribution in [0.4, 0.5) is 0 Å². The number of rotatable bonds is 6. The Kier molecular flexibility index (Phi) is 5.84. The molecule has 1 atom stereocenters. The summed E-state index contributed by atoms with van der Waals surface area (Å²) in [6.07, 6.45) is 8.39. The highest BCUT2D eigenvalue weighted by Gasteiger charge is 2.42. The highest BCUT2D eigenvalue weighted by atomic mass is 32.2. The van der Waals surface area contributed by atoms with Crippen molar-refractivity contribution in [2.45, 2.75) is 64.0 Å². The van der Waals surface area contributed by atoms with Gasteiger partial charge in [-0.25, -0.2) is 0 Å². The molecule has 1 spiro atoms. The van der Waals surface area contributed by atoms with E-state index in [-0.39, 0.29) is 0 Å². The van der Waals surface area contributed by atoms with Crippen molar-refractivity contribution in [2.24, 2.45) is 0 Å². The minimum Gasteiger partial charge on any atom is -0.311 e. The van der Waals surface area contributed by atoms with Gasteiger partial charge in [-0.2, -0.15) is 11.8 Å². The van der Waals surface area contributed by atoms with Crippen LogP contribution in [0.5, 0.6) is 0 Å². The summed E-state index contributed by atoms with van der Waals surface area (Å²) in [5, 5.41) is 3.82. The van der Waals surface area contributed by atoms with Crippen LogP contribution in [0.3, 0.4) is 0 Å². The van der Waals surface area contributed by atoms with E-state index in [0.29, 0.717) is 5.54 Å². The molecule has 0 aromatic carbocycles. The lowest BCUT2D eigenvalue weighted by atomic mass is 9.90. The summed E-state index contributed by atoms with van der Waals surface area (Å²) < 4.78 is 0. The molecule has 0 radical (unpaired) electrons. The van der Waals surface area contributed by atoms with Gasteiger partial charge >= 0.3 is 0 Å². The van der Waals surface area contributed by atoms with Crippen LogP contribution in [0.25, 0.3) is 0 Å². The number of hydrogen-bond donors (Lipinski definition) is 1. The monoisotopic (exact) mass is 270 g/mol. The van der Waals surface area contributed by atoms with Crippen LogP contribution in [-0.4, -0.2) is 47.6 Å². The highest BCUT2D eigenvalue weighted by Crippen LogP contribution is 2.37. The number of hydrogen-bond acceptors (Lipinski definition) is 3. The van der Waals surface area contributed by atoms with E-state index in [2.05, 4.69) is 35.8 Å². The van der Waals surface area contributed by atoms with E-state index < -0.39 is 0 Å². The second-order valence-electron chi connectivity index (χ2n) is 5.94. The van der Waals surface area contributed by atoms with Gasteiger partial charge in [0.25, 0.3) is 0 Å². The van der Waals surface area contributed by atoms with Crippen molar-refractivity contribution >= 4 is 11.8 Å². The molecule has 2 nitrogen and oxygen atoms in total. The Bertz CT molecular complexity index is 239. The summed E-state index contributed by atoms with van der Waals surface area (Å²) in [6.45, 7) is 8.42. The van der Waals surface area contributed by atoms with Gasteiger partial charge in [-0.05, 0) is 25.0 Å². The van der Waals surface area contributed by atoms with E-state index >= 15 is 0 Å². The first-order valence-electron chi connectivity index (χ1n) is 7.87. The Morgan fingerprint density at radius 3 is 2.72 bits per heavy atom. The first-order valence-corrected chi connectivity index (χ1v) is 9.02. The van der Waals surface area contributed by atoms with Gasteiger partial charge in [-0.15, -0.1) is 0 Å². The molecule has 1 saturated carbocycles. The summed E-state index contributed by atoms with van der Waals surface area (Å²) in [7, 11) is 0. The van der Waals surface area contributed by atoms with Gasteiger partial charge in [0.15, 0.2) is 0 Å². The molecule has 1 heterocycles. The van der Waals surface area contributed by atoms with Gasteiger partial charge in [0.05, 0.1) is 0 Å². The van der Waals surface area contributed by atoms with Gasteiger partial charge < -0.3 is 5.32 Å². The highest BCUT2D eigenvalue weighted by molar-refractivity contribution is 7.99. The second kappa shape index (κ2) is 7.16. The molecule has 2 aliphatic rings. The quantitative estimate of drug-likeness (QED) is 0.747. The molecular formula is C15H30N2S. The molecule has 1 aliphatic heterocycles. The Morgan fingerprint density at radius 1 is 1.28 bits per heavy atom. The Balaban J connectivity index is 1.92. The van der Waals surface area contributed by atoms with Crippen molar-refractivity contribution < 1.29 is 0 Å². The third-order valence-corrected chi connectivity index (χ3v) is 5.59. The van der Waals surface area contributed by atoms with Crippen LogP contribution in [0, 0.1) is 0 Å². The molecule has 0 bridgehead atoms. The molecular weight excluding hydrogens is 240 g/mol. The first kappa shape index (κ1) is 14.7. The van der Waals surface area contributed by atoms with E-state index in [4.69, 9.17) is 0 Å².